The monoisotopic (exact) mass is 275 g/mol. The van der Waals surface area contributed by atoms with E-state index in [1.165, 1.54) is 11.8 Å². The highest BCUT2D eigenvalue weighted by molar-refractivity contribution is 6.14. The molecule has 7 nitrogen and oxygen atoms in total. The largest absolute Gasteiger partial charge is 0.463 e. The third kappa shape index (κ3) is 2.67. The molecule has 0 radical (unpaired) electrons. The quantitative estimate of drug-likeness (QED) is 0.534. The molecule has 1 heterocycles. The van der Waals surface area contributed by atoms with Crippen LogP contribution in [-0.4, -0.2) is 54.3 Å². The van der Waals surface area contributed by atoms with E-state index in [0.29, 0.717) is 13.1 Å². The van der Waals surface area contributed by atoms with Crippen molar-refractivity contribution in [3.8, 4) is 0 Å². The summed E-state index contributed by atoms with van der Waals surface area (Å²) >= 11 is 0. The number of nitrogens with one attached hydrogen (secondary N) is 2. The number of esters is 1. The Morgan fingerprint density at radius 3 is 2.42 bits per heavy atom. The molecule has 0 aliphatic carbocycles. The highest BCUT2D eigenvalue weighted by Gasteiger charge is 2.60. The van der Waals surface area contributed by atoms with Gasteiger partial charge in [0.25, 0.3) is 5.91 Å². The van der Waals surface area contributed by atoms with E-state index in [4.69, 9.17) is 0 Å². The van der Waals surface area contributed by atoms with Crippen LogP contribution in [0.5, 0.6) is 0 Å². The second-order valence-corrected chi connectivity index (χ2v) is 3.98. The van der Waals surface area contributed by atoms with Crippen molar-refractivity contribution in [2.45, 2.75) is 32.6 Å². The van der Waals surface area contributed by atoms with Gasteiger partial charge in [0.1, 0.15) is 6.17 Å². The summed E-state index contributed by atoms with van der Waals surface area (Å²) in [6, 6.07) is -0.834. The van der Waals surface area contributed by atoms with Crippen LogP contribution in [0.4, 0.5) is 9.18 Å². The number of urea groups is 1. The molecule has 8 heteroatoms. The smallest absolute Gasteiger partial charge is 0.357 e. The molecule has 0 spiro atoms. The number of alkyl halides is 1. The standard InChI is InChI=1S/C11H18FN3O4/c1-4-15(5-2)7-11(12,9(17)19-6-3)8(16)14-10(18)13-7/h7H,4-6H2,1-3H3,(H2,13,14,16,18). The molecule has 1 saturated heterocycles. The number of carbonyl (C=O) groups is 3. The number of imide groups is 1. The molecular formula is C11H18FN3O4. The van der Waals surface area contributed by atoms with E-state index >= 15 is 0 Å². The average Bonchev–Trinajstić information content (AvgIpc) is 2.36. The van der Waals surface area contributed by atoms with Gasteiger partial charge < -0.3 is 10.1 Å². The van der Waals surface area contributed by atoms with Crippen LogP contribution >= 0.6 is 0 Å². The number of carbonyl (C=O) groups excluding carboxylic acids is 3. The molecule has 2 atom stereocenters. The van der Waals surface area contributed by atoms with Crippen molar-refractivity contribution in [3.63, 3.8) is 0 Å². The van der Waals surface area contributed by atoms with Crippen LogP contribution in [0.1, 0.15) is 20.8 Å². The van der Waals surface area contributed by atoms with Gasteiger partial charge in [0, 0.05) is 0 Å². The number of ether oxygens (including phenoxy) is 1. The van der Waals surface area contributed by atoms with Crippen molar-refractivity contribution < 1.29 is 23.5 Å². The first kappa shape index (κ1) is 15.4. The molecule has 0 aromatic carbocycles. The van der Waals surface area contributed by atoms with Crippen LogP contribution in [0.25, 0.3) is 0 Å². The molecule has 2 N–H and O–H groups in total. The molecule has 1 aliphatic rings. The summed E-state index contributed by atoms with van der Waals surface area (Å²) in [6.07, 6.45) is -1.37. The zero-order valence-electron chi connectivity index (χ0n) is 11.2. The molecular weight excluding hydrogens is 257 g/mol. The molecule has 0 aromatic heterocycles. The van der Waals surface area contributed by atoms with Crippen LogP contribution in [0.2, 0.25) is 0 Å². The predicted molar refractivity (Wildman–Crippen MR) is 63.9 cm³/mol. The fourth-order valence-corrected chi connectivity index (χ4v) is 1.95. The van der Waals surface area contributed by atoms with Crippen LogP contribution in [0, 0.1) is 0 Å². The van der Waals surface area contributed by atoms with Gasteiger partial charge in [0.05, 0.1) is 6.61 Å². The third-order valence-electron chi connectivity index (χ3n) is 2.95. The molecule has 0 saturated carbocycles. The summed E-state index contributed by atoms with van der Waals surface area (Å²) in [5.41, 5.74) is -2.95. The number of amides is 3. The Kier molecular flexibility index (Phi) is 4.82. The van der Waals surface area contributed by atoms with Gasteiger partial charge in [-0.2, -0.15) is 0 Å². The van der Waals surface area contributed by atoms with Crippen molar-refractivity contribution in [2.24, 2.45) is 0 Å². The zero-order valence-corrected chi connectivity index (χ0v) is 11.2. The molecule has 3 amide bonds. The molecule has 19 heavy (non-hydrogen) atoms. The minimum absolute atomic E-state index is 0.0588. The van der Waals surface area contributed by atoms with Gasteiger partial charge in [-0.3, -0.25) is 15.0 Å². The highest BCUT2D eigenvalue weighted by Crippen LogP contribution is 2.24. The van der Waals surface area contributed by atoms with Crippen molar-refractivity contribution in [2.75, 3.05) is 19.7 Å². The van der Waals surface area contributed by atoms with Crippen molar-refractivity contribution in [1.82, 2.24) is 15.5 Å². The molecule has 108 valence electrons. The molecule has 2 unspecified atom stereocenters. The number of hydrogen-bond donors (Lipinski definition) is 2. The summed E-state index contributed by atoms with van der Waals surface area (Å²) in [7, 11) is 0. The molecule has 0 aromatic rings. The van der Waals surface area contributed by atoms with Crippen LogP contribution < -0.4 is 10.6 Å². The van der Waals surface area contributed by atoms with Crippen molar-refractivity contribution in [3.05, 3.63) is 0 Å². The van der Waals surface area contributed by atoms with E-state index in [0.717, 1.165) is 0 Å². The van der Waals surface area contributed by atoms with E-state index in [-0.39, 0.29) is 6.61 Å². The number of hydrogen-bond acceptors (Lipinski definition) is 5. The lowest BCUT2D eigenvalue weighted by Crippen LogP contribution is -2.74. The van der Waals surface area contributed by atoms with Gasteiger partial charge in [-0.25, -0.2) is 14.0 Å². The van der Waals surface area contributed by atoms with Gasteiger partial charge >= 0.3 is 17.7 Å². The van der Waals surface area contributed by atoms with E-state index in [2.05, 4.69) is 10.1 Å². The summed E-state index contributed by atoms with van der Waals surface area (Å²) in [4.78, 5) is 36.2. The van der Waals surface area contributed by atoms with Gasteiger partial charge in [-0.05, 0) is 20.0 Å². The third-order valence-corrected chi connectivity index (χ3v) is 2.95. The van der Waals surface area contributed by atoms with Gasteiger partial charge in [0.2, 0.25) is 0 Å². The Labute approximate surface area is 110 Å². The minimum Gasteiger partial charge on any atom is -0.463 e. The highest BCUT2D eigenvalue weighted by atomic mass is 19.1. The lowest BCUT2D eigenvalue weighted by molar-refractivity contribution is -0.170. The average molecular weight is 275 g/mol. The van der Waals surface area contributed by atoms with Crippen LogP contribution in [0.3, 0.4) is 0 Å². The second-order valence-electron chi connectivity index (χ2n) is 3.98. The zero-order chi connectivity index (χ0) is 14.6. The van der Waals surface area contributed by atoms with E-state index in [9.17, 15) is 18.8 Å². The first-order valence-corrected chi connectivity index (χ1v) is 6.13. The second kappa shape index (κ2) is 5.96. The number of nitrogens with zero attached hydrogens (tertiary/aromatic N) is 1. The minimum atomic E-state index is -2.95. The van der Waals surface area contributed by atoms with Gasteiger partial charge in [-0.15, -0.1) is 0 Å². The maximum Gasteiger partial charge on any atom is 0.357 e. The molecule has 1 rings (SSSR count). The molecule has 1 fully saturated rings. The van der Waals surface area contributed by atoms with Crippen molar-refractivity contribution in [1.29, 1.82) is 0 Å². The summed E-state index contributed by atoms with van der Waals surface area (Å²) < 4.78 is 19.5. The van der Waals surface area contributed by atoms with Crippen LogP contribution in [0.15, 0.2) is 0 Å². The summed E-state index contributed by atoms with van der Waals surface area (Å²) in [5.74, 6) is -2.60. The fraction of sp³-hybridized carbons (Fsp3) is 0.727. The van der Waals surface area contributed by atoms with Gasteiger partial charge in [0.15, 0.2) is 0 Å². The normalized spacial score (nSPS) is 26.9. The Balaban J connectivity index is 3.15. The summed E-state index contributed by atoms with van der Waals surface area (Å²) in [6.45, 7) is 5.63. The Bertz CT molecular complexity index is 386. The van der Waals surface area contributed by atoms with Crippen molar-refractivity contribution >= 4 is 17.9 Å². The molecule has 0 bridgehead atoms. The number of halogens is 1. The molecule has 1 aliphatic heterocycles. The predicted octanol–water partition coefficient (Wildman–Crippen LogP) is -0.235. The van der Waals surface area contributed by atoms with E-state index in [1.807, 2.05) is 0 Å². The lowest BCUT2D eigenvalue weighted by Gasteiger charge is -2.40. The fourth-order valence-electron chi connectivity index (χ4n) is 1.95. The maximum absolute atomic E-state index is 14.9. The first-order chi connectivity index (χ1) is 8.91. The van der Waals surface area contributed by atoms with Gasteiger partial charge in [-0.1, -0.05) is 13.8 Å². The van der Waals surface area contributed by atoms with E-state index < -0.39 is 29.7 Å². The SMILES string of the molecule is CCOC(=O)C1(F)C(=O)NC(=O)NC1N(CC)CC. The lowest BCUT2D eigenvalue weighted by atomic mass is 9.97. The Morgan fingerprint density at radius 1 is 1.37 bits per heavy atom. The summed E-state index contributed by atoms with van der Waals surface area (Å²) in [5, 5.41) is 4.01. The van der Waals surface area contributed by atoms with Crippen LogP contribution in [-0.2, 0) is 14.3 Å². The number of rotatable bonds is 5. The Hall–Kier alpha value is -1.70. The van der Waals surface area contributed by atoms with E-state index in [1.54, 1.807) is 19.2 Å². The Morgan fingerprint density at radius 2 is 1.95 bits per heavy atom. The first-order valence-electron chi connectivity index (χ1n) is 6.13. The maximum atomic E-state index is 14.9. The topological polar surface area (TPSA) is 87.7 Å².